The van der Waals surface area contributed by atoms with Crippen molar-refractivity contribution >= 4 is 28.6 Å². The Labute approximate surface area is 191 Å². The first-order chi connectivity index (χ1) is 15.7. The van der Waals surface area contributed by atoms with Crippen LogP contribution in [-0.2, 0) is 5.88 Å². The molecule has 0 aliphatic carbocycles. The molecule has 0 aliphatic heterocycles. The summed E-state index contributed by atoms with van der Waals surface area (Å²) in [5.74, 6) is 1.56. The third-order valence-electron chi connectivity index (χ3n) is 4.89. The van der Waals surface area contributed by atoms with Crippen molar-refractivity contribution in [3.05, 3.63) is 84.8 Å². The summed E-state index contributed by atoms with van der Waals surface area (Å²) in [4.78, 5) is 18.2. The highest BCUT2D eigenvalue weighted by molar-refractivity contribution is 6.17. The average Bonchev–Trinajstić information content (AvgIpc) is 3.24. The Bertz CT molecular complexity index is 1330. The van der Waals surface area contributed by atoms with Crippen LogP contribution in [-0.4, -0.2) is 24.5 Å². The largest absolute Gasteiger partial charge is 0.383 e. The van der Waals surface area contributed by atoms with Crippen LogP contribution < -0.4 is 5.73 Å². The lowest BCUT2D eigenvalue weighted by atomic mass is 10.2. The van der Waals surface area contributed by atoms with Gasteiger partial charge in [-0.2, -0.15) is 0 Å². The van der Waals surface area contributed by atoms with Gasteiger partial charge in [-0.15, -0.1) is 11.6 Å². The summed E-state index contributed by atoms with van der Waals surface area (Å²) >= 11 is 5.97. The Morgan fingerprint density at radius 3 is 2.38 bits per heavy atom. The number of anilines is 1. The minimum Gasteiger partial charge on any atom is -0.383 e. The SMILES string of the molecule is CC.Nc1ncccc1-c1nc2ccc(-c3cccnc3)nc2n1-c1ccc(CCl)cc1. The first-order valence-electron chi connectivity index (χ1n) is 10.4. The monoisotopic (exact) mass is 442 g/mol. The molecule has 5 aromatic rings. The summed E-state index contributed by atoms with van der Waals surface area (Å²) in [5.41, 5.74) is 12.1. The predicted molar refractivity (Wildman–Crippen MR) is 131 cm³/mol. The highest BCUT2D eigenvalue weighted by atomic mass is 35.5. The van der Waals surface area contributed by atoms with Gasteiger partial charge in [0.05, 0.1) is 11.3 Å². The van der Waals surface area contributed by atoms with Gasteiger partial charge in [0.15, 0.2) is 11.5 Å². The number of nitrogen functional groups attached to an aromatic ring is 1. The van der Waals surface area contributed by atoms with E-state index in [1.165, 1.54) is 0 Å². The van der Waals surface area contributed by atoms with Crippen molar-refractivity contribution in [2.45, 2.75) is 19.7 Å². The van der Waals surface area contributed by atoms with E-state index in [4.69, 9.17) is 27.3 Å². The Balaban J connectivity index is 0.00000119. The van der Waals surface area contributed by atoms with Crippen molar-refractivity contribution < 1.29 is 0 Å². The second kappa shape index (κ2) is 9.58. The van der Waals surface area contributed by atoms with E-state index >= 15 is 0 Å². The molecule has 4 heterocycles. The number of alkyl halides is 1. The van der Waals surface area contributed by atoms with E-state index in [0.29, 0.717) is 17.5 Å². The third-order valence-corrected chi connectivity index (χ3v) is 5.20. The van der Waals surface area contributed by atoms with Crippen LogP contribution in [0.1, 0.15) is 19.4 Å². The first-order valence-corrected chi connectivity index (χ1v) is 10.9. The molecule has 160 valence electrons. The lowest BCUT2D eigenvalue weighted by Gasteiger charge is -2.11. The molecule has 0 saturated heterocycles. The lowest BCUT2D eigenvalue weighted by Crippen LogP contribution is -2.02. The second-order valence-corrected chi connectivity index (χ2v) is 7.06. The molecule has 4 aromatic heterocycles. The van der Waals surface area contributed by atoms with Gasteiger partial charge in [-0.25, -0.2) is 15.0 Å². The quantitative estimate of drug-likeness (QED) is 0.351. The van der Waals surface area contributed by atoms with Crippen molar-refractivity contribution in [2.24, 2.45) is 0 Å². The molecule has 0 unspecified atom stereocenters. The summed E-state index contributed by atoms with van der Waals surface area (Å²) in [6.07, 6.45) is 5.21. The summed E-state index contributed by atoms with van der Waals surface area (Å²) in [6.45, 7) is 4.00. The van der Waals surface area contributed by atoms with Crippen LogP contribution in [0.25, 0.3) is 39.5 Å². The van der Waals surface area contributed by atoms with Crippen LogP contribution in [0.5, 0.6) is 0 Å². The number of halogens is 1. The van der Waals surface area contributed by atoms with Gasteiger partial charge in [-0.1, -0.05) is 26.0 Å². The van der Waals surface area contributed by atoms with Gasteiger partial charge in [-0.3, -0.25) is 9.55 Å². The van der Waals surface area contributed by atoms with E-state index in [9.17, 15) is 0 Å². The third kappa shape index (κ3) is 4.05. The molecule has 0 fully saturated rings. The van der Waals surface area contributed by atoms with Crippen molar-refractivity contribution in [1.82, 2.24) is 24.5 Å². The van der Waals surface area contributed by atoms with Gasteiger partial charge in [0.2, 0.25) is 0 Å². The van der Waals surface area contributed by atoms with Gasteiger partial charge >= 0.3 is 0 Å². The van der Waals surface area contributed by atoms with E-state index in [-0.39, 0.29) is 0 Å². The smallest absolute Gasteiger partial charge is 0.165 e. The Hall–Kier alpha value is -3.77. The number of fused-ring (bicyclic) bond motifs is 1. The molecule has 2 N–H and O–H groups in total. The number of hydrogen-bond donors (Lipinski definition) is 1. The van der Waals surface area contributed by atoms with Crippen LogP contribution >= 0.6 is 11.6 Å². The molecule has 0 atom stereocenters. The minimum atomic E-state index is 0.416. The van der Waals surface area contributed by atoms with Crippen molar-refractivity contribution in [3.8, 4) is 28.3 Å². The Kier molecular flexibility index (Phi) is 6.42. The van der Waals surface area contributed by atoms with Crippen LogP contribution in [0.4, 0.5) is 5.82 Å². The molecule has 0 radical (unpaired) electrons. The maximum Gasteiger partial charge on any atom is 0.165 e. The van der Waals surface area contributed by atoms with Crippen molar-refractivity contribution in [3.63, 3.8) is 0 Å². The van der Waals surface area contributed by atoms with Gasteiger partial charge in [-0.05, 0) is 54.1 Å². The number of nitrogens with two attached hydrogens (primary N) is 1. The van der Waals surface area contributed by atoms with Gasteiger partial charge in [0.1, 0.15) is 11.3 Å². The van der Waals surface area contributed by atoms with E-state index < -0.39 is 0 Å². The van der Waals surface area contributed by atoms with Crippen LogP contribution in [0.3, 0.4) is 0 Å². The molecule has 32 heavy (non-hydrogen) atoms. The zero-order valence-corrected chi connectivity index (χ0v) is 18.7. The van der Waals surface area contributed by atoms with Gasteiger partial charge in [0, 0.05) is 35.7 Å². The maximum absolute atomic E-state index is 6.18. The van der Waals surface area contributed by atoms with Crippen molar-refractivity contribution in [2.75, 3.05) is 5.73 Å². The highest BCUT2D eigenvalue weighted by Gasteiger charge is 2.18. The fourth-order valence-electron chi connectivity index (χ4n) is 3.40. The summed E-state index contributed by atoms with van der Waals surface area (Å²) in [5, 5.41) is 0. The minimum absolute atomic E-state index is 0.416. The van der Waals surface area contributed by atoms with Crippen LogP contribution in [0, 0.1) is 0 Å². The molecule has 5 rings (SSSR count). The normalized spacial score (nSPS) is 10.6. The van der Waals surface area contributed by atoms with Crippen LogP contribution in [0.2, 0.25) is 0 Å². The molecular weight excluding hydrogens is 420 g/mol. The number of benzene rings is 1. The number of aromatic nitrogens is 5. The van der Waals surface area contributed by atoms with Gasteiger partial charge in [0.25, 0.3) is 0 Å². The predicted octanol–water partition coefficient (Wildman–Crippen LogP) is 5.89. The molecule has 0 aliphatic rings. The van der Waals surface area contributed by atoms with E-state index in [2.05, 4.69) is 9.97 Å². The fraction of sp³-hybridized carbons (Fsp3) is 0.120. The molecule has 0 saturated carbocycles. The molecular formula is C25H23ClN6. The fourth-order valence-corrected chi connectivity index (χ4v) is 3.58. The number of pyridine rings is 3. The number of nitrogens with zero attached hydrogens (tertiary/aromatic N) is 5. The molecule has 1 aromatic carbocycles. The maximum atomic E-state index is 6.18. The topological polar surface area (TPSA) is 82.5 Å². The zero-order valence-electron chi connectivity index (χ0n) is 17.9. The van der Waals surface area contributed by atoms with E-state index in [1.54, 1.807) is 18.6 Å². The number of hydrogen-bond acceptors (Lipinski definition) is 5. The van der Waals surface area contributed by atoms with E-state index in [0.717, 1.165) is 39.2 Å². The second-order valence-electron chi connectivity index (χ2n) is 6.79. The molecule has 0 spiro atoms. The molecule has 0 bridgehead atoms. The standard InChI is InChI=1S/C23H17ClN6.C2H6/c24-13-15-5-7-17(8-6-15)30-22(18-4-2-12-27-21(18)25)29-20-10-9-19(28-23(20)30)16-3-1-11-26-14-16;1-2/h1-12,14H,13H2,(H2,25,27);1-2H3. The number of rotatable bonds is 4. The Morgan fingerprint density at radius 2 is 1.69 bits per heavy atom. The summed E-state index contributed by atoms with van der Waals surface area (Å²) < 4.78 is 2.00. The van der Waals surface area contributed by atoms with Crippen LogP contribution in [0.15, 0.2) is 79.3 Å². The molecule has 7 heteroatoms. The summed E-state index contributed by atoms with van der Waals surface area (Å²) in [7, 11) is 0. The molecule has 6 nitrogen and oxygen atoms in total. The van der Waals surface area contributed by atoms with Crippen molar-refractivity contribution in [1.29, 1.82) is 0 Å². The zero-order chi connectivity index (χ0) is 22.5. The summed E-state index contributed by atoms with van der Waals surface area (Å²) in [6, 6.07) is 19.6. The Morgan fingerprint density at radius 1 is 0.906 bits per heavy atom. The highest BCUT2D eigenvalue weighted by Crippen LogP contribution is 2.31. The lowest BCUT2D eigenvalue weighted by molar-refractivity contribution is 1.07. The average molecular weight is 443 g/mol. The first kappa shape index (κ1) is 21.5. The molecule has 0 amide bonds. The van der Waals surface area contributed by atoms with E-state index in [1.807, 2.05) is 79.1 Å². The van der Waals surface area contributed by atoms with Gasteiger partial charge < -0.3 is 5.73 Å². The number of imidazole rings is 1.